The number of benzene rings is 1. The SMILES string of the molecule is CC(C)(C)SN=C(c1ccccc1F)C(F)F. The topological polar surface area (TPSA) is 12.4 Å². The van der Waals surface area contributed by atoms with Crippen LogP contribution in [-0.4, -0.2) is 16.9 Å². The summed E-state index contributed by atoms with van der Waals surface area (Å²) in [6.07, 6.45) is -2.79. The van der Waals surface area contributed by atoms with Crippen LogP contribution in [0.15, 0.2) is 28.7 Å². The third-order valence-electron chi connectivity index (χ3n) is 1.77. The molecule has 0 aromatic heterocycles. The summed E-state index contributed by atoms with van der Waals surface area (Å²) in [5.41, 5.74) is -0.651. The van der Waals surface area contributed by atoms with Gasteiger partial charge in [0.25, 0.3) is 6.43 Å². The van der Waals surface area contributed by atoms with Crippen molar-refractivity contribution in [3.8, 4) is 0 Å². The summed E-state index contributed by atoms with van der Waals surface area (Å²) < 4.78 is 42.5. The summed E-state index contributed by atoms with van der Waals surface area (Å²) in [4.78, 5) is 0. The van der Waals surface area contributed by atoms with Gasteiger partial charge in [0.1, 0.15) is 11.5 Å². The average Bonchev–Trinajstić information content (AvgIpc) is 2.18. The molecule has 0 aliphatic carbocycles. The van der Waals surface area contributed by atoms with Crippen molar-refractivity contribution in [3.63, 3.8) is 0 Å². The maximum absolute atomic E-state index is 13.4. The molecule has 0 heterocycles. The quantitative estimate of drug-likeness (QED) is 0.583. The predicted octanol–water partition coefficient (Wildman–Crippen LogP) is 4.33. The van der Waals surface area contributed by atoms with Gasteiger partial charge in [0.15, 0.2) is 0 Å². The zero-order chi connectivity index (χ0) is 13.1. The van der Waals surface area contributed by atoms with E-state index >= 15 is 0 Å². The Morgan fingerprint density at radius 1 is 1.24 bits per heavy atom. The molecule has 0 radical (unpaired) electrons. The van der Waals surface area contributed by atoms with Gasteiger partial charge in [-0.3, -0.25) is 0 Å². The largest absolute Gasteiger partial charge is 0.281 e. The van der Waals surface area contributed by atoms with Gasteiger partial charge in [0.2, 0.25) is 0 Å². The highest BCUT2D eigenvalue weighted by Crippen LogP contribution is 2.26. The second-order valence-corrected chi connectivity index (χ2v) is 6.05. The van der Waals surface area contributed by atoms with E-state index in [4.69, 9.17) is 0 Å². The van der Waals surface area contributed by atoms with E-state index in [1.165, 1.54) is 18.2 Å². The van der Waals surface area contributed by atoms with Crippen LogP contribution >= 0.6 is 11.9 Å². The average molecular weight is 261 g/mol. The fraction of sp³-hybridized carbons (Fsp3) is 0.417. The molecule has 1 rings (SSSR count). The molecule has 1 aromatic rings. The van der Waals surface area contributed by atoms with E-state index in [0.29, 0.717) is 0 Å². The fourth-order valence-electron chi connectivity index (χ4n) is 1.06. The summed E-state index contributed by atoms with van der Waals surface area (Å²) in [5.74, 6) is -0.680. The van der Waals surface area contributed by atoms with Crippen LogP contribution in [0, 0.1) is 5.82 Å². The van der Waals surface area contributed by atoms with Crippen LogP contribution in [0.1, 0.15) is 26.3 Å². The Bertz CT molecular complexity index is 410. The Labute approximate surface area is 103 Å². The number of nitrogens with zero attached hydrogens (tertiary/aromatic N) is 1. The highest BCUT2D eigenvalue weighted by Gasteiger charge is 2.21. The molecule has 94 valence electrons. The van der Waals surface area contributed by atoms with E-state index in [2.05, 4.69) is 4.40 Å². The van der Waals surface area contributed by atoms with Crippen molar-refractivity contribution in [2.24, 2.45) is 4.40 Å². The third-order valence-corrected chi connectivity index (χ3v) is 2.61. The van der Waals surface area contributed by atoms with E-state index in [0.717, 1.165) is 18.0 Å². The third kappa shape index (κ3) is 4.42. The van der Waals surface area contributed by atoms with Crippen LogP contribution in [-0.2, 0) is 0 Å². The first-order chi connectivity index (χ1) is 7.81. The van der Waals surface area contributed by atoms with Crippen molar-refractivity contribution in [2.75, 3.05) is 0 Å². The lowest BCUT2D eigenvalue weighted by Gasteiger charge is -2.14. The van der Waals surface area contributed by atoms with Crippen molar-refractivity contribution in [3.05, 3.63) is 35.6 Å². The van der Waals surface area contributed by atoms with Crippen LogP contribution < -0.4 is 0 Å². The zero-order valence-corrected chi connectivity index (χ0v) is 10.7. The molecule has 1 nitrogen and oxygen atoms in total. The van der Waals surface area contributed by atoms with Crippen LogP contribution in [0.5, 0.6) is 0 Å². The minimum absolute atomic E-state index is 0.140. The summed E-state index contributed by atoms with van der Waals surface area (Å²) in [7, 11) is 0. The van der Waals surface area contributed by atoms with Gasteiger partial charge in [0.05, 0.1) is 0 Å². The highest BCUT2D eigenvalue weighted by molar-refractivity contribution is 7.99. The Hall–Kier alpha value is -0.970. The predicted molar refractivity (Wildman–Crippen MR) is 66.3 cm³/mol. The van der Waals surface area contributed by atoms with Crippen molar-refractivity contribution >= 4 is 17.7 Å². The first-order valence-electron chi connectivity index (χ1n) is 5.10. The molecule has 0 atom stereocenters. The van der Waals surface area contributed by atoms with Crippen LogP contribution in [0.25, 0.3) is 0 Å². The van der Waals surface area contributed by atoms with E-state index in [1.807, 2.05) is 20.8 Å². The van der Waals surface area contributed by atoms with Crippen molar-refractivity contribution in [1.29, 1.82) is 0 Å². The smallest absolute Gasteiger partial charge is 0.214 e. The molecule has 0 aliphatic rings. The van der Waals surface area contributed by atoms with E-state index in [1.54, 1.807) is 0 Å². The van der Waals surface area contributed by atoms with Crippen LogP contribution in [0.3, 0.4) is 0 Å². The maximum Gasteiger partial charge on any atom is 0.281 e. The molecule has 0 unspecified atom stereocenters. The van der Waals surface area contributed by atoms with Gasteiger partial charge >= 0.3 is 0 Å². The normalized spacial score (nSPS) is 13.2. The van der Waals surface area contributed by atoms with Gasteiger partial charge in [-0.05, 0) is 44.9 Å². The zero-order valence-electron chi connectivity index (χ0n) is 9.88. The lowest BCUT2D eigenvalue weighted by atomic mass is 10.1. The molecule has 1 aromatic carbocycles. The number of alkyl halides is 2. The summed E-state index contributed by atoms with van der Waals surface area (Å²) in [5, 5.41) is 0. The number of hydrogen-bond acceptors (Lipinski definition) is 2. The second-order valence-electron chi connectivity index (χ2n) is 4.46. The summed E-state index contributed by atoms with van der Waals surface area (Å²) >= 11 is 1.01. The Balaban J connectivity index is 3.07. The monoisotopic (exact) mass is 261 g/mol. The Morgan fingerprint density at radius 3 is 2.29 bits per heavy atom. The van der Waals surface area contributed by atoms with Gasteiger partial charge in [-0.1, -0.05) is 12.1 Å². The first-order valence-corrected chi connectivity index (χ1v) is 5.88. The molecule has 17 heavy (non-hydrogen) atoms. The summed E-state index contributed by atoms with van der Waals surface area (Å²) in [6.45, 7) is 5.56. The first kappa shape index (κ1) is 14.1. The lowest BCUT2D eigenvalue weighted by molar-refractivity contribution is 0.226. The van der Waals surface area contributed by atoms with E-state index in [9.17, 15) is 13.2 Å². The molecule has 0 aliphatic heterocycles. The number of rotatable bonds is 3. The van der Waals surface area contributed by atoms with Crippen molar-refractivity contribution < 1.29 is 13.2 Å². The molecule has 5 heteroatoms. The Morgan fingerprint density at radius 2 is 1.82 bits per heavy atom. The molecular formula is C12H14F3NS. The summed E-state index contributed by atoms with van der Waals surface area (Å²) in [6, 6.07) is 5.43. The second kappa shape index (κ2) is 5.58. The minimum Gasteiger partial charge on any atom is -0.214 e. The van der Waals surface area contributed by atoms with Gasteiger partial charge in [-0.15, -0.1) is 0 Å². The van der Waals surface area contributed by atoms with Crippen molar-refractivity contribution in [2.45, 2.75) is 31.9 Å². The van der Waals surface area contributed by atoms with Crippen LogP contribution in [0.4, 0.5) is 13.2 Å². The highest BCUT2D eigenvalue weighted by atomic mass is 32.2. The molecule has 0 saturated carbocycles. The molecular weight excluding hydrogens is 247 g/mol. The van der Waals surface area contributed by atoms with Crippen molar-refractivity contribution in [1.82, 2.24) is 0 Å². The minimum atomic E-state index is -2.79. The van der Waals surface area contributed by atoms with E-state index in [-0.39, 0.29) is 10.3 Å². The molecule has 0 spiro atoms. The maximum atomic E-state index is 13.4. The molecule has 0 saturated heterocycles. The van der Waals surface area contributed by atoms with E-state index < -0.39 is 18.0 Å². The molecule has 0 N–H and O–H groups in total. The number of hydrogen-bond donors (Lipinski definition) is 0. The van der Waals surface area contributed by atoms with Gasteiger partial charge < -0.3 is 0 Å². The van der Waals surface area contributed by atoms with Crippen LogP contribution in [0.2, 0.25) is 0 Å². The standard InChI is InChI=1S/C12H14F3NS/c1-12(2,3)17-16-10(11(14)15)8-6-4-5-7-9(8)13/h4-7,11H,1-3H3. The van der Waals surface area contributed by atoms with Gasteiger partial charge in [-0.25, -0.2) is 17.6 Å². The molecule has 0 fully saturated rings. The fourth-order valence-corrected chi connectivity index (χ4v) is 1.61. The molecule has 0 amide bonds. The van der Waals surface area contributed by atoms with Gasteiger partial charge in [0, 0.05) is 10.3 Å². The van der Waals surface area contributed by atoms with Gasteiger partial charge in [-0.2, -0.15) is 0 Å². The lowest BCUT2D eigenvalue weighted by Crippen LogP contribution is -2.15. The Kier molecular flexibility index (Phi) is 4.62. The molecule has 0 bridgehead atoms. The number of halogens is 3.